The summed E-state index contributed by atoms with van der Waals surface area (Å²) in [7, 11) is 0. The van der Waals surface area contributed by atoms with Crippen LogP contribution in [0.25, 0.3) is 0 Å². The first-order valence-corrected chi connectivity index (χ1v) is 11.5. The molecule has 0 aliphatic rings. The molecule has 0 fully saturated rings. The van der Waals surface area contributed by atoms with Crippen LogP contribution in [-0.2, 0) is 12.7 Å². The Bertz CT molecular complexity index is 946. The Kier molecular flexibility index (Phi) is 7.63. The summed E-state index contributed by atoms with van der Waals surface area (Å²) in [5.41, 5.74) is -0.156. The molecule has 29 heavy (non-hydrogen) atoms. The third-order valence-electron chi connectivity index (χ3n) is 3.79. The molecule has 0 saturated heterocycles. The van der Waals surface area contributed by atoms with E-state index in [-0.39, 0.29) is 10.8 Å². The molecule has 0 bridgehead atoms. The zero-order valence-corrected chi connectivity index (χ0v) is 17.6. The van der Waals surface area contributed by atoms with Crippen molar-refractivity contribution in [2.75, 3.05) is 11.5 Å². The second kappa shape index (κ2) is 10.2. The Labute approximate surface area is 179 Å². The van der Waals surface area contributed by atoms with Crippen LogP contribution < -0.4 is 5.32 Å². The van der Waals surface area contributed by atoms with E-state index in [4.69, 9.17) is 0 Å². The van der Waals surface area contributed by atoms with Gasteiger partial charge in [-0.15, -0.1) is 34.9 Å². The molecular weight excluding hydrogens is 437 g/mol. The topological polar surface area (TPSA) is 42.0 Å². The molecule has 0 aliphatic heterocycles. The van der Waals surface area contributed by atoms with Crippen molar-refractivity contribution in [3.05, 3.63) is 76.1 Å². The van der Waals surface area contributed by atoms with Crippen LogP contribution in [0.4, 0.5) is 13.2 Å². The van der Waals surface area contributed by atoms with Crippen molar-refractivity contribution in [1.82, 2.24) is 10.3 Å². The standard InChI is InChI=1S/C20H17F3N2OS3/c21-20(22,23)16-7-1-2-8-17(16)28-11-12-29-19-15(6-3-9-24-19)18(26)25-13-14-5-4-10-27-14/h1-10H,11-13H2,(H,25,26). The minimum atomic E-state index is -4.37. The van der Waals surface area contributed by atoms with E-state index in [1.165, 1.54) is 23.9 Å². The Morgan fingerprint density at radius 1 is 1.03 bits per heavy atom. The van der Waals surface area contributed by atoms with Gasteiger partial charge in [-0.25, -0.2) is 4.98 Å². The third kappa shape index (κ3) is 6.25. The first-order valence-electron chi connectivity index (χ1n) is 8.62. The van der Waals surface area contributed by atoms with Crippen LogP contribution in [0.3, 0.4) is 0 Å². The molecule has 9 heteroatoms. The summed E-state index contributed by atoms with van der Waals surface area (Å²) >= 11 is 4.07. The minimum Gasteiger partial charge on any atom is -0.347 e. The molecule has 1 N–H and O–H groups in total. The van der Waals surface area contributed by atoms with E-state index in [0.29, 0.717) is 28.6 Å². The fourth-order valence-corrected chi connectivity index (χ4v) is 5.16. The van der Waals surface area contributed by atoms with E-state index < -0.39 is 11.7 Å². The van der Waals surface area contributed by atoms with Crippen LogP contribution in [0, 0.1) is 0 Å². The smallest absolute Gasteiger partial charge is 0.347 e. The summed E-state index contributed by atoms with van der Waals surface area (Å²) in [5.74, 6) is 0.771. The van der Waals surface area contributed by atoms with Crippen LogP contribution in [0.15, 0.2) is 70.0 Å². The fourth-order valence-electron chi connectivity index (χ4n) is 2.47. The number of amides is 1. The highest BCUT2D eigenvalue weighted by Gasteiger charge is 2.33. The van der Waals surface area contributed by atoms with Crippen molar-refractivity contribution < 1.29 is 18.0 Å². The highest BCUT2D eigenvalue weighted by Crippen LogP contribution is 2.36. The van der Waals surface area contributed by atoms with E-state index in [2.05, 4.69) is 10.3 Å². The molecule has 0 spiro atoms. The summed E-state index contributed by atoms with van der Waals surface area (Å²) in [6.07, 6.45) is -2.77. The average Bonchev–Trinajstić information content (AvgIpc) is 3.23. The van der Waals surface area contributed by atoms with Gasteiger partial charge in [-0.1, -0.05) is 18.2 Å². The summed E-state index contributed by atoms with van der Waals surface area (Å²) in [5, 5.41) is 5.39. The van der Waals surface area contributed by atoms with Gasteiger partial charge in [-0.3, -0.25) is 4.79 Å². The molecule has 0 saturated carbocycles. The van der Waals surface area contributed by atoms with Crippen molar-refractivity contribution in [2.45, 2.75) is 22.6 Å². The number of halogens is 3. The number of carbonyl (C=O) groups is 1. The highest BCUT2D eigenvalue weighted by atomic mass is 32.2. The van der Waals surface area contributed by atoms with Gasteiger partial charge < -0.3 is 5.32 Å². The number of pyridine rings is 1. The largest absolute Gasteiger partial charge is 0.417 e. The number of thiophene rings is 1. The lowest BCUT2D eigenvalue weighted by molar-refractivity contribution is -0.139. The zero-order valence-electron chi connectivity index (χ0n) is 15.1. The molecule has 1 amide bonds. The van der Waals surface area contributed by atoms with Crippen LogP contribution in [-0.4, -0.2) is 22.4 Å². The van der Waals surface area contributed by atoms with E-state index in [1.54, 1.807) is 35.7 Å². The predicted molar refractivity (Wildman–Crippen MR) is 113 cm³/mol. The lowest BCUT2D eigenvalue weighted by Gasteiger charge is -2.12. The normalized spacial score (nSPS) is 11.4. The number of aromatic nitrogens is 1. The molecule has 3 aromatic rings. The van der Waals surface area contributed by atoms with Crippen molar-refractivity contribution >= 4 is 40.8 Å². The Balaban J connectivity index is 1.56. The number of thioether (sulfide) groups is 2. The van der Waals surface area contributed by atoms with Crippen molar-refractivity contribution in [3.8, 4) is 0 Å². The molecule has 0 atom stereocenters. The Hall–Kier alpha value is -1.97. The Morgan fingerprint density at radius 2 is 1.83 bits per heavy atom. The first-order chi connectivity index (χ1) is 13.9. The monoisotopic (exact) mass is 454 g/mol. The quantitative estimate of drug-likeness (QED) is 0.336. The number of carbonyl (C=O) groups excluding carboxylic acids is 1. The highest BCUT2D eigenvalue weighted by molar-refractivity contribution is 8.03. The number of benzene rings is 1. The number of rotatable bonds is 8. The van der Waals surface area contributed by atoms with Crippen molar-refractivity contribution in [2.24, 2.45) is 0 Å². The molecule has 2 aromatic heterocycles. The Morgan fingerprint density at radius 3 is 2.59 bits per heavy atom. The number of nitrogens with one attached hydrogen (secondary N) is 1. The third-order valence-corrected chi connectivity index (χ3v) is 7.01. The first kappa shape index (κ1) is 21.7. The van der Waals surface area contributed by atoms with Gasteiger partial charge in [0.2, 0.25) is 0 Å². The van der Waals surface area contributed by atoms with Crippen LogP contribution >= 0.6 is 34.9 Å². The van der Waals surface area contributed by atoms with Gasteiger partial charge in [-0.2, -0.15) is 13.2 Å². The SMILES string of the molecule is O=C(NCc1cccs1)c1cccnc1SCCSc1ccccc1C(F)(F)F. The number of nitrogens with zero attached hydrogens (tertiary/aromatic N) is 1. The summed E-state index contributed by atoms with van der Waals surface area (Å²) < 4.78 is 39.2. The maximum atomic E-state index is 13.1. The second-order valence-electron chi connectivity index (χ2n) is 5.81. The molecule has 3 nitrogen and oxygen atoms in total. The molecule has 152 valence electrons. The van der Waals surface area contributed by atoms with E-state index in [1.807, 2.05) is 17.5 Å². The van der Waals surface area contributed by atoms with E-state index in [9.17, 15) is 18.0 Å². The number of alkyl halides is 3. The summed E-state index contributed by atoms with van der Waals surface area (Å²) in [4.78, 5) is 18.0. The average molecular weight is 455 g/mol. The summed E-state index contributed by atoms with van der Waals surface area (Å²) in [6, 6.07) is 12.8. The molecule has 0 radical (unpaired) electrons. The van der Waals surface area contributed by atoms with Gasteiger partial charge in [0, 0.05) is 27.5 Å². The van der Waals surface area contributed by atoms with E-state index >= 15 is 0 Å². The van der Waals surface area contributed by atoms with Gasteiger partial charge in [-0.05, 0) is 35.7 Å². The van der Waals surface area contributed by atoms with Crippen LogP contribution in [0.5, 0.6) is 0 Å². The van der Waals surface area contributed by atoms with Crippen molar-refractivity contribution in [1.29, 1.82) is 0 Å². The molecule has 0 aliphatic carbocycles. The fraction of sp³-hybridized carbons (Fsp3) is 0.200. The number of hydrogen-bond donors (Lipinski definition) is 1. The lowest BCUT2D eigenvalue weighted by Crippen LogP contribution is -2.23. The van der Waals surface area contributed by atoms with Gasteiger partial charge in [0.15, 0.2) is 0 Å². The van der Waals surface area contributed by atoms with Crippen molar-refractivity contribution in [3.63, 3.8) is 0 Å². The molecule has 0 unspecified atom stereocenters. The lowest BCUT2D eigenvalue weighted by atomic mass is 10.2. The molecule has 1 aromatic carbocycles. The van der Waals surface area contributed by atoms with Gasteiger partial charge >= 0.3 is 6.18 Å². The van der Waals surface area contributed by atoms with Crippen LogP contribution in [0.2, 0.25) is 0 Å². The van der Waals surface area contributed by atoms with Crippen LogP contribution in [0.1, 0.15) is 20.8 Å². The maximum absolute atomic E-state index is 13.1. The maximum Gasteiger partial charge on any atom is 0.417 e. The second-order valence-corrected chi connectivity index (χ2v) is 9.06. The zero-order chi connectivity index (χ0) is 20.7. The number of hydrogen-bond acceptors (Lipinski definition) is 5. The molecule has 3 rings (SSSR count). The predicted octanol–water partition coefficient (Wildman–Crippen LogP) is 5.98. The minimum absolute atomic E-state index is 0.204. The van der Waals surface area contributed by atoms with E-state index in [0.717, 1.165) is 22.7 Å². The molecule has 2 heterocycles. The summed E-state index contributed by atoms with van der Waals surface area (Å²) in [6.45, 7) is 0.444. The van der Waals surface area contributed by atoms with Gasteiger partial charge in [0.05, 0.1) is 17.7 Å². The van der Waals surface area contributed by atoms with Gasteiger partial charge in [0.25, 0.3) is 5.91 Å². The van der Waals surface area contributed by atoms with Gasteiger partial charge in [0.1, 0.15) is 5.03 Å². The molecular formula is C20H17F3N2OS3.